The Kier molecular flexibility index (Phi) is 4.86. The number of carbonyl (C=O) groups excluding carboxylic acids is 1. The number of rotatable bonds is 5. The van der Waals surface area contributed by atoms with E-state index in [4.69, 9.17) is 4.42 Å². The average molecular weight is 393 g/mol. The molecule has 1 amide bonds. The second-order valence-corrected chi connectivity index (χ2v) is 6.93. The number of aromatic nitrogens is 2. The second kappa shape index (κ2) is 7.61. The number of nitrogens with zero attached hydrogens (tertiary/aromatic N) is 2. The zero-order chi connectivity index (χ0) is 19.5. The molecule has 0 atom stereocenters. The van der Waals surface area contributed by atoms with Crippen LogP contribution in [0.15, 0.2) is 74.0 Å². The Hall–Kier alpha value is -3.52. The van der Waals surface area contributed by atoms with E-state index in [9.17, 15) is 14.4 Å². The van der Waals surface area contributed by atoms with Gasteiger partial charge in [0.05, 0.1) is 16.8 Å². The smallest absolute Gasteiger partial charge is 0.287 e. The van der Waals surface area contributed by atoms with Crippen LogP contribution in [0.5, 0.6) is 0 Å². The normalized spacial score (nSPS) is 10.9. The number of fused-ring (bicyclic) bond motifs is 1. The van der Waals surface area contributed by atoms with Gasteiger partial charge in [0.2, 0.25) is 0 Å². The Morgan fingerprint density at radius 1 is 1.11 bits per heavy atom. The molecule has 0 spiro atoms. The van der Waals surface area contributed by atoms with E-state index >= 15 is 0 Å². The molecule has 3 heterocycles. The molecule has 28 heavy (non-hydrogen) atoms. The first-order valence-electron chi connectivity index (χ1n) is 8.55. The summed E-state index contributed by atoms with van der Waals surface area (Å²) in [5.41, 5.74) is 0.503. The Morgan fingerprint density at radius 3 is 2.79 bits per heavy atom. The maximum atomic E-state index is 12.3. The number of nitrogens with one attached hydrogen (secondary N) is 1. The predicted molar refractivity (Wildman–Crippen MR) is 107 cm³/mol. The van der Waals surface area contributed by atoms with Crippen molar-refractivity contribution in [3.05, 3.63) is 86.3 Å². The van der Waals surface area contributed by atoms with Gasteiger partial charge in [-0.15, -0.1) is 11.3 Å². The van der Waals surface area contributed by atoms with Crippen LogP contribution in [0.3, 0.4) is 0 Å². The summed E-state index contributed by atoms with van der Waals surface area (Å²) in [5.74, 6) is -0.596. The predicted octanol–water partition coefficient (Wildman–Crippen LogP) is 2.51. The number of hydrogen-bond donors (Lipinski definition) is 1. The molecule has 4 rings (SSSR count). The van der Waals surface area contributed by atoms with Gasteiger partial charge in [-0.1, -0.05) is 18.2 Å². The first kappa shape index (κ1) is 17.9. The third-order valence-electron chi connectivity index (χ3n) is 4.11. The molecule has 7 nitrogen and oxygen atoms in total. The van der Waals surface area contributed by atoms with Crippen molar-refractivity contribution in [2.24, 2.45) is 0 Å². The lowest BCUT2D eigenvalue weighted by atomic mass is 10.2. The molecule has 4 aromatic rings. The summed E-state index contributed by atoms with van der Waals surface area (Å²) in [6.07, 6.45) is 0. The van der Waals surface area contributed by atoms with Gasteiger partial charge in [-0.05, 0) is 29.6 Å². The quantitative estimate of drug-likeness (QED) is 0.562. The summed E-state index contributed by atoms with van der Waals surface area (Å²) in [6.45, 7) is 0.359. The SMILES string of the molecule is O=C(NCCn1nc(-c2cccs2)ccc1=O)c1cc(=O)c2ccccc2o1. The van der Waals surface area contributed by atoms with Crippen LogP contribution in [0, 0.1) is 0 Å². The highest BCUT2D eigenvalue weighted by molar-refractivity contribution is 7.13. The van der Waals surface area contributed by atoms with Crippen molar-refractivity contribution in [1.29, 1.82) is 0 Å². The lowest BCUT2D eigenvalue weighted by Crippen LogP contribution is -2.32. The molecule has 0 unspecified atom stereocenters. The molecule has 1 aromatic carbocycles. The van der Waals surface area contributed by atoms with E-state index in [-0.39, 0.29) is 29.8 Å². The molecular formula is C20H15N3O4S. The monoisotopic (exact) mass is 393 g/mol. The Balaban J connectivity index is 1.47. The molecule has 3 aromatic heterocycles. The molecule has 0 aliphatic rings. The van der Waals surface area contributed by atoms with E-state index in [1.165, 1.54) is 28.2 Å². The maximum Gasteiger partial charge on any atom is 0.287 e. The molecule has 8 heteroatoms. The molecule has 0 saturated heterocycles. The number of thiophene rings is 1. The Labute approximate surface area is 162 Å². The lowest BCUT2D eigenvalue weighted by Gasteiger charge is -2.08. The standard InChI is InChI=1S/C20H15N3O4S/c24-15-12-17(27-16-5-2-1-4-13(15)16)20(26)21-9-10-23-19(25)8-7-14(22-23)18-6-3-11-28-18/h1-8,11-12H,9-10H2,(H,21,26). The summed E-state index contributed by atoms with van der Waals surface area (Å²) < 4.78 is 6.80. The van der Waals surface area contributed by atoms with Crippen LogP contribution in [0.4, 0.5) is 0 Å². The largest absolute Gasteiger partial charge is 0.451 e. The lowest BCUT2D eigenvalue weighted by molar-refractivity contribution is 0.0924. The molecule has 0 aliphatic heterocycles. The van der Waals surface area contributed by atoms with Crippen molar-refractivity contribution in [3.8, 4) is 10.6 Å². The summed E-state index contributed by atoms with van der Waals surface area (Å²) in [5, 5.41) is 9.33. The summed E-state index contributed by atoms with van der Waals surface area (Å²) in [7, 11) is 0. The third-order valence-corrected chi connectivity index (χ3v) is 5.00. The van der Waals surface area contributed by atoms with Gasteiger partial charge in [0.15, 0.2) is 11.2 Å². The van der Waals surface area contributed by atoms with Crippen molar-refractivity contribution in [1.82, 2.24) is 15.1 Å². The van der Waals surface area contributed by atoms with Gasteiger partial charge in [0.1, 0.15) is 11.3 Å². The molecule has 0 bridgehead atoms. The van der Waals surface area contributed by atoms with Crippen LogP contribution in [-0.4, -0.2) is 22.2 Å². The fourth-order valence-electron chi connectivity index (χ4n) is 2.74. The van der Waals surface area contributed by atoms with Crippen LogP contribution in [0.1, 0.15) is 10.6 Å². The highest BCUT2D eigenvalue weighted by Gasteiger charge is 2.12. The summed E-state index contributed by atoms with van der Waals surface area (Å²) >= 11 is 1.53. The Bertz CT molecular complexity index is 1260. The number of hydrogen-bond acceptors (Lipinski definition) is 6. The molecule has 0 radical (unpaired) electrons. The summed E-state index contributed by atoms with van der Waals surface area (Å²) in [6, 6.07) is 14.9. The molecule has 0 aliphatic carbocycles. The first-order valence-corrected chi connectivity index (χ1v) is 9.43. The minimum absolute atomic E-state index is 0.0728. The minimum atomic E-state index is -0.523. The van der Waals surface area contributed by atoms with E-state index in [2.05, 4.69) is 10.4 Å². The van der Waals surface area contributed by atoms with Crippen molar-refractivity contribution in [2.75, 3.05) is 6.54 Å². The van der Waals surface area contributed by atoms with Gasteiger partial charge in [-0.2, -0.15) is 5.10 Å². The maximum absolute atomic E-state index is 12.3. The van der Waals surface area contributed by atoms with E-state index in [1.54, 1.807) is 30.3 Å². The van der Waals surface area contributed by atoms with Crippen molar-refractivity contribution in [2.45, 2.75) is 6.54 Å². The number of benzene rings is 1. The number of carbonyl (C=O) groups is 1. The van der Waals surface area contributed by atoms with Crippen LogP contribution in [0.2, 0.25) is 0 Å². The minimum Gasteiger partial charge on any atom is -0.451 e. The van der Waals surface area contributed by atoms with Crippen LogP contribution < -0.4 is 16.3 Å². The number of para-hydroxylation sites is 1. The van der Waals surface area contributed by atoms with Crippen LogP contribution >= 0.6 is 11.3 Å². The van der Waals surface area contributed by atoms with Crippen LogP contribution in [-0.2, 0) is 6.54 Å². The van der Waals surface area contributed by atoms with E-state index in [0.29, 0.717) is 16.7 Å². The highest BCUT2D eigenvalue weighted by Crippen LogP contribution is 2.21. The molecule has 0 saturated carbocycles. The van der Waals surface area contributed by atoms with Gasteiger partial charge in [0.25, 0.3) is 11.5 Å². The van der Waals surface area contributed by atoms with E-state index in [1.807, 2.05) is 17.5 Å². The van der Waals surface area contributed by atoms with Gasteiger partial charge < -0.3 is 9.73 Å². The third kappa shape index (κ3) is 3.63. The van der Waals surface area contributed by atoms with Crippen LogP contribution in [0.25, 0.3) is 21.5 Å². The van der Waals surface area contributed by atoms with Gasteiger partial charge in [-0.25, -0.2) is 4.68 Å². The topological polar surface area (TPSA) is 94.2 Å². The van der Waals surface area contributed by atoms with E-state index < -0.39 is 5.91 Å². The molecular weight excluding hydrogens is 378 g/mol. The number of amides is 1. The second-order valence-electron chi connectivity index (χ2n) is 5.98. The van der Waals surface area contributed by atoms with Crippen molar-refractivity contribution >= 4 is 28.2 Å². The van der Waals surface area contributed by atoms with E-state index in [0.717, 1.165) is 4.88 Å². The fourth-order valence-corrected chi connectivity index (χ4v) is 3.43. The van der Waals surface area contributed by atoms with Gasteiger partial charge in [0, 0.05) is 18.7 Å². The Morgan fingerprint density at radius 2 is 1.96 bits per heavy atom. The van der Waals surface area contributed by atoms with Crippen molar-refractivity contribution < 1.29 is 9.21 Å². The zero-order valence-corrected chi connectivity index (χ0v) is 15.4. The highest BCUT2D eigenvalue weighted by atomic mass is 32.1. The molecule has 0 fully saturated rings. The molecule has 140 valence electrons. The van der Waals surface area contributed by atoms with Gasteiger partial charge in [-0.3, -0.25) is 14.4 Å². The summed E-state index contributed by atoms with van der Waals surface area (Å²) in [4.78, 5) is 37.4. The van der Waals surface area contributed by atoms with Crippen molar-refractivity contribution in [3.63, 3.8) is 0 Å². The molecule has 1 N–H and O–H groups in total. The zero-order valence-electron chi connectivity index (χ0n) is 14.6. The fraction of sp³-hybridized carbons (Fsp3) is 0.100. The first-order chi connectivity index (χ1) is 13.6. The van der Waals surface area contributed by atoms with Gasteiger partial charge >= 0.3 is 0 Å². The average Bonchev–Trinajstić information content (AvgIpc) is 3.24.